The fraction of sp³-hybridized carbons (Fsp3) is 0.842. The molecule has 3 N–H and O–H groups in total. The predicted octanol–water partition coefficient (Wildman–Crippen LogP) is 1.84. The zero-order chi connectivity index (χ0) is 17.9. The fourth-order valence-corrected chi connectivity index (χ4v) is 5.13. The molecule has 1 heterocycles. The molecule has 0 aromatic carbocycles. The van der Waals surface area contributed by atoms with E-state index in [0.717, 1.165) is 64.2 Å². The number of hydrogen-bond acceptors (Lipinski definition) is 4. The molecular weight excluding hydrogens is 316 g/mol. The van der Waals surface area contributed by atoms with E-state index in [9.17, 15) is 14.9 Å². The van der Waals surface area contributed by atoms with E-state index in [1.165, 1.54) is 6.42 Å². The Hall–Kier alpha value is -1.61. The first-order valence-corrected chi connectivity index (χ1v) is 9.82. The Labute approximate surface area is 150 Å². The van der Waals surface area contributed by atoms with E-state index in [1.54, 1.807) is 0 Å². The maximum Gasteiger partial charge on any atom is 0.235 e. The van der Waals surface area contributed by atoms with Crippen molar-refractivity contribution in [1.29, 1.82) is 5.26 Å². The lowest BCUT2D eigenvalue weighted by Gasteiger charge is -2.34. The van der Waals surface area contributed by atoms with Crippen LogP contribution in [0.5, 0.6) is 0 Å². The molecule has 2 amide bonds. The van der Waals surface area contributed by atoms with Gasteiger partial charge in [-0.15, -0.1) is 0 Å². The molecule has 0 bridgehead atoms. The lowest BCUT2D eigenvalue weighted by Crippen LogP contribution is -2.54. The normalized spacial score (nSPS) is 32.2. The lowest BCUT2D eigenvalue weighted by molar-refractivity contribution is -0.127. The number of nitrogens with two attached hydrogens (primary N) is 1. The van der Waals surface area contributed by atoms with E-state index in [0.29, 0.717) is 5.92 Å². The smallest absolute Gasteiger partial charge is 0.235 e. The summed E-state index contributed by atoms with van der Waals surface area (Å²) in [6, 6.07) is 2.30. The van der Waals surface area contributed by atoms with Crippen LogP contribution in [-0.2, 0) is 9.59 Å². The van der Waals surface area contributed by atoms with Crippen molar-refractivity contribution in [2.75, 3.05) is 6.54 Å². The van der Waals surface area contributed by atoms with Crippen LogP contribution in [-0.4, -0.2) is 40.9 Å². The van der Waals surface area contributed by atoms with Gasteiger partial charge in [-0.1, -0.05) is 38.5 Å². The van der Waals surface area contributed by atoms with Crippen LogP contribution in [0.3, 0.4) is 0 Å². The summed E-state index contributed by atoms with van der Waals surface area (Å²) in [5.74, 6) is 0.00874. The topological polar surface area (TPSA) is 99.2 Å². The first kappa shape index (κ1) is 18.2. The van der Waals surface area contributed by atoms with Crippen molar-refractivity contribution in [1.82, 2.24) is 10.2 Å². The van der Waals surface area contributed by atoms with Crippen LogP contribution in [0.15, 0.2) is 0 Å². The third-order valence-corrected chi connectivity index (χ3v) is 6.43. The maximum atomic E-state index is 12.7. The van der Waals surface area contributed by atoms with Gasteiger partial charge >= 0.3 is 0 Å². The molecule has 6 nitrogen and oxygen atoms in total. The number of carbonyl (C=O) groups excluding carboxylic acids is 2. The highest BCUT2D eigenvalue weighted by molar-refractivity contribution is 5.83. The largest absolute Gasteiger partial charge is 0.368 e. The third-order valence-electron chi connectivity index (χ3n) is 6.43. The van der Waals surface area contributed by atoms with Gasteiger partial charge in [0.15, 0.2) is 0 Å². The van der Waals surface area contributed by atoms with Crippen molar-refractivity contribution in [3.05, 3.63) is 0 Å². The minimum absolute atomic E-state index is 0.138. The van der Waals surface area contributed by atoms with Gasteiger partial charge in [0, 0.05) is 6.04 Å². The SMILES string of the molecule is N#CC1(NC(=O)CN2[C@@H]3CCCC[C@@H]3C[C@H]2C(N)=O)CCCCCC1. The van der Waals surface area contributed by atoms with Gasteiger partial charge in [0.25, 0.3) is 0 Å². The van der Waals surface area contributed by atoms with Gasteiger partial charge < -0.3 is 11.1 Å². The molecule has 1 saturated heterocycles. The predicted molar refractivity (Wildman–Crippen MR) is 94.2 cm³/mol. The minimum Gasteiger partial charge on any atom is -0.368 e. The molecule has 3 fully saturated rings. The molecule has 0 aromatic heterocycles. The number of hydrogen-bond donors (Lipinski definition) is 2. The number of rotatable bonds is 4. The summed E-state index contributed by atoms with van der Waals surface area (Å²) in [5, 5.41) is 12.7. The number of carbonyl (C=O) groups is 2. The molecule has 0 radical (unpaired) electrons. The van der Waals surface area contributed by atoms with E-state index < -0.39 is 5.54 Å². The first-order chi connectivity index (χ1) is 12.0. The molecule has 138 valence electrons. The monoisotopic (exact) mass is 346 g/mol. The summed E-state index contributed by atoms with van der Waals surface area (Å²) in [4.78, 5) is 26.6. The lowest BCUT2D eigenvalue weighted by atomic mass is 9.84. The van der Waals surface area contributed by atoms with Gasteiger partial charge in [0.2, 0.25) is 11.8 Å². The van der Waals surface area contributed by atoms with E-state index >= 15 is 0 Å². The van der Waals surface area contributed by atoms with Crippen molar-refractivity contribution < 1.29 is 9.59 Å². The summed E-state index contributed by atoms with van der Waals surface area (Å²) in [7, 11) is 0. The average Bonchev–Trinajstić information content (AvgIpc) is 2.80. The van der Waals surface area contributed by atoms with Gasteiger partial charge in [0.1, 0.15) is 5.54 Å². The Bertz CT molecular complexity index is 548. The maximum absolute atomic E-state index is 12.7. The molecule has 6 heteroatoms. The molecular formula is C19H30N4O2. The van der Waals surface area contributed by atoms with Crippen LogP contribution in [0.25, 0.3) is 0 Å². The summed E-state index contributed by atoms with van der Waals surface area (Å²) in [6.07, 6.45) is 10.9. The highest BCUT2D eigenvalue weighted by Gasteiger charge is 2.45. The van der Waals surface area contributed by atoms with Crippen molar-refractivity contribution in [3.63, 3.8) is 0 Å². The summed E-state index contributed by atoms with van der Waals surface area (Å²) in [5.41, 5.74) is 4.88. The molecule has 3 rings (SSSR count). The van der Waals surface area contributed by atoms with Crippen molar-refractivity contribution in [3.8, 4) is 6.07 Å². The number of likely N-dealkylation sites (tertiary alicyclic amines) is 1. The molecule has 0 aromatic rings. The Morgan fingerprint density at radius 2 is 1.80 bits per heavy atom. The quantitative estimate of drug-likeness (QED) is 0.759. The number of fused-ring (bicyclic) bond motifs is 1. The molecule has 2 aliphatic carbocycles. The molecule has 1 aliphatic heterocycles. The summed E-state index contributed by atoms with van der Waals surface area (Å²) < 4.78 is 0. The van der Waals surface area contributed by atoms with Gasteiger partial charge in [-0.05, 0) is 38.0 Å². The molecule has 0 spiro atoms. The van der Waals surface area contributed by atoms with Gasteiger partial charge in [-0.2, -0.15) is 5.26 Å². The Morgan fingerprint density at radius 3 is 2.44 bits per heavy atom. The second-order valence-electron chi connectivity index (χ2n) is 8.09. The van der Waals surface area contributed by atoms with E-state index in [1.807, 2.05) is 4.90 Å². The Balaban J connectivity index is 1.67. The van der Waals surface area contributed by atoms with Crippen molar-refractivity contribution >= 4 is 11.8 Å². The number of nitriles is 1. The van der Waals surface area contributed by atoms with Crippen molar-refractivity contribution in [2.24, 2.45) is 11.7 Å². The summed E-state index contributed by atoms with van der Waals surface area (Å²) >= 11 is 0. The van der Waals surface area contributed by atoms with Crippen LogP contribution in [0.4, 0.5) is 0 Å². The number of nitrogens with one attached hydrogen (secondary N) is 1. The Morgan fingerprint density at radius 1 is 1.12 bits per heavy atom. The molecule has 3 aliphatic rings. The zero-order valence-corrected chi connectivity index (χ0v) is 15.0. The van der Waals surface area contributed by atoms with Crippen LogP contribution >= 0.6 is 0 Å². The third kappa shape index (κ3) is 3.98. The number of amides is 2. The second kappa shape index (κ2) is 7.74. The first-order valence-electron chi connectivity index (χ1n) is 9.82. The summed E-state index contributed by atoms with van der Waals surface area (Å²) in [6.45, 7) is 0.179. The van der Waals surface area contributed by atoms with Crippen molar-refractivity contribution in [2.45, 2.75) is 88.3 Å². The number of primary amides is 1. The molecule has 3 atom stereocenters. The highest BCUT2D eigenvalue weighted by atomic mass is 16.2. The van der Waals surface area contributed by atoms with Crippen LogP contribution in [0, 0.1) is 17.2 Å². The Kier molecular flexibility index (Phi) is 5.63. The number of nitrogens with zero attached hydrogens (tertiary/aromatic N) is 2. The molecule has 25 heavy (non-hydrogen) atoms. The standard InChI is InChI=1S/C19H30N4O2/c20-13-19(9-5-1-2-6-10-19)22-17(24)12-23-15-8-4-3-7-14(15)11-16(23)18(21)25/h14-16H,1-12H2,(H2,21,25)(H,22,24)/t14-,15-,16+/m1/s1. The molecule has 0 unspecified atom stereocenters. The van der Waals surface area contributed by atoms with Crippen LogP contribution < -0.4 is 11.1 Å². The van der Waals surface area contributed by atoms with Crippen LogP contribution in [0.2, 0.25) is 0 Å². The molecule has 2 saturated carbocycles. The zero-order valence-electron chi connectivity index (χ0n) is 15.0. The average molecular weight is 346 g/mol. The van der Waals surface area contributed by atoms with Gasteiger partial charge in [-0.25, -0.2) is 0 Å². The van der Waals surface area contributed by atoms with Crippen LogP contribution in [0.1, 0.15) is 70.6 Å². The van der Waals surface area contributed by atoms with E-state index in [2.05, 4.69) is 11.4 Å². The second-order valence-corrected chi connectivity index (χ2v) is 8.09. The van der Waals surface area contributed by atoms with Gasteiger partial charge in [0.05, 0.1) is 18.7 Å². The van der Waals surface area contributed by atoms with Gasteiger partial charge in [-0.3, -0.25) is 14.5 Å². The highest BCUT2D eigenvalue weighted by Crippen LogP contribution is 2.39. The fourth-order valence-electron chi connectivity index (χ4n) is 5.13. The minimum atomic E-state index is -0.735. The van der Waals surface area contributed by atoms with E-state index in [-0.39, 0.29) is 30.4 Å². The van der Waals surface area contributed by atoms with E-state index in [4.69, 9.17) is 5.73 Å².